The van der Waals surface area contributed by atoms with Gasteiger partial charge >= 0.3 is 6.18 Å². The third kappa shape index (κ3) is 7.56. The molecule has 0 saturated heterocycles. The fourth-order valence-electron chi connectivity index (χ4n) is 4.17. The number of aromatic nitrogens is 1. The highest BCUT2D eigenvalue weighted by Crippen LogP contribution is 2.40. The number of hydrogen-bond acceptors (Lipinski definition) is 4. The maximum absolute atomic E-state index is 12.9. The van der Waals surface area contributed by atoms with E-state index in [2.05, 4.69) is 15.6 Å². The molecule has 0 spiro atoms. The van der Waals surface area contributed by atoms with Gasteiger partial charge < -0.3 is 15.4 Å². The lowest BCUT2D eigenvalue weighted by molar-refractivity contribution is -0.183. The summed E-state index contributed by atoms with van der Waals surface area (Å²) in [6.07, 6.45) is 2.38. The zero-order chi connectivity index (χ0) is 25.4. The number of carbonyl (C=O) groups is 2. The Morgan fingerprint density at radius 1 is 1.14 bits per heavy atom. The Hall–Kier alpha value is -3.36. The van der Waals surface area contributed by atoms with Crippen LogP contribution in [0.2, 0.25) is 0 Å². The minimum atomic E-state index is -4.13. The quantitative estimate of drug-likeness (QED) is 0.564. The molecule has 1 aliphatic carbocycles. The van der Waals surface area contributed by atoms with Gasteiger partial charge in [0.15, 0.2) is 0 Å². The first-order chi connectivity index (χ1) is 16.7. The summed E-state index contributed by atoms with van der Waals surface area (Å²) in [5.74, 6) is -1.26. The second kappa shape index (κ2) is 11.9. The summed E-state index contributed by atoms with van der Waals surface area (Å²) in [5, 5.41) is 5.43. The topological polar surface area (TPSA) is 80.3 Å². The van der Waals surface area contributed by atoms with E-state index in [1.54, 1.807) is 19.2 Å². The smallest absolute Gasteiger partial charge is 0.391 e. The Labute approximate surface area is 203 Å². The van der Waals surface area contributed by atoms with Crippen LogP contribution in [-0.2, 0) is 17.8 Å². The Morgan fingerprint density at radius 2 is 1.86 bits per heavy atom. The first kappa shape index (κ1) is 26.2. The van der Waals surface area contributed by atoms with Crippen LogP contribution in [0.15, 0.2) is 42.6 Å². The highest BCUT2D eigenvalue weighted by atomic mass is 19.4. The molecule has 3 rings (SSSR count). The Kier molecular flexibility index (Phi) is 8.89. The van der Waals surface area contributed by atoms with Crippen LogP contribution < -0.4 is 15.4 Å². The first-order valence-corrected chi connectivity index (χ1v) is 11.5. The first-order valence-electron chi connectivity index (χ1n) is 11.5. The van der Waals surface area contributed by atoms with E-state index in [0.29, 0.717) is 29.8 Å². The van der Waals surface area contributed by atoms with Crippen LogP contribution in [0.25, 0.3) is 6.08 Å². The van der Waals surface area contributed by atoms with Crippen molar-refractivity contribution in [2.24, 2.45) is 11.8 Å². The standard InChI is InChI=1S/C26H30F3N3O3/c1-30-23(33)13-18-4-3-5-19(12-18)15-31-24(34)21-14-20(25(35-2)32-16-21)9-6-17-7-10-22(11-8-17)26(27,28)29/h3-6,9,12,14,16-17,22H,7-8,10-11,13,15H2,1-2H3,(H,30,33)(H,31,34). The van der Waals surface area contributed by atoms with Crippen molar-refractivity contribution in [1.29, 1.82) is 0 Å². The summed E-state index contributed by atoms with van der Waals surface area (Å²) in [6, 6.07) is 9.06. The number of allylic oxidation sites excluding steroid dienone is 1. The van der Waals surface area contributed by atoms with Gasteiger partial charge in [0.1, 0.15) is 0 Å². The van der Waals surface area contributed by atoms with Crippen molar-refractivity contribution in [2.75, 3.05) is 14.2 Å². The lowest BCUT2D eigenvalue weighted by Crippen LogP contribution is -2.27. The molecule has 1 aromatic heterocycles. The van der Waals surface area contributed by atoms with Crippen molar-refractivity contribution >= 4 is 17.9 Å². The average Bonchev–Trinajstić information content (AvgIpc) is 2.85. The van der Waals surface area contributed by atoms with E-state index in [-0.39, 0.29) is 43.5 Å². The van der Waals surface area contributed by atoms with Gasteiger partial charge in [-0.1, -0.05) is 36.4 Å². The van der Waals surface area contributed by atoms with E-state index in [4.69, 9.17) is 4.74 Å². The van der Waals surface area contributed by atoms with Gasteiger partial charge in [0.05, 0.1) is 25.0 Å². The van der Waals surface area contributed by atoms with E-state index in [9.17, 15) is 22.8 Å². The summed E-state index contributed by atoms with van der Waals surface area (Å²) >= 11 is 0. The Bertz CT molecular complexity index is 1060. The summed E-state index contributed by atoms with van der Waals surface area (Å²) in [4.78, 5) is 28.5. The van der Waals surface area contributed by atoms with Crippen LogP contribution in [0, 0.1) is 11.8 Å². The molecule has 9 heteroatoms. The molecule has 2 N–H and O–H groups in total. The SMILES string of the molecule is CNC(=O)Cc1cccc(CNC(=O)c2cnc(OC)c(C=CC3CCC(C(F)(F)F)CC3)c2)c1. The fourth-order valence-corrected chi connectivity index (χ4v) is 4.17. The van der Waals surface area contributed by atoms with Gasteiger partial charge in [0.25, 0.3) is 5.91 Å². The molecular formula is C26H30F3N3O3. The lowest BCUT2D eigenvalue weighted by atomic mass is 9.81. The number of carbonyl (C=O) groups excluding carboxylic acids is 2. The highest BCUT2D eigenvalue weighted by molar-refractivity contribution is 5.94. The summed E-state index contributed by atoms with van der Waals surface area (Å²) in [7, 11) is 3.05. The van der Waals surface area contributed by atoms with E-state index in [0.717, 1.165) is 11.1 Å². The van der Waals surface area contributed by atoms with Crippen molar-refractivity contribution < 1.29 is 27.5 Å². The molecule has 0 unspecified atom stereocenters. The molecule has 0 atom stereocenters. The molecule has 0 aliphatic heterocycles. The second-order valence-corrected chi connectivity index (χ2v) is 8.69. The summed E-state index contributed by atoms with van der Waals surface area (Å²) < 4.78 is 44.0. The van der Waals surface area contributed by atoms with E-state index in [1.807, 2.05) is 30.3 Å². The number of amides is 2. The van der Waals surface area contributed by atoms with Gasteiger partial charge in [-0.25, -0.2) is 4.98 Å². The molecule has 1 heterocycles. The van der Waals surface area contributed by atoms with Gasteiger partial charge in [0, 0.05) is 25.4 Å². The molecule has 35 heavy (non-hydrogen) atoms. The van der Waals surface area contributed by atoms with Crippen LogP contribution in [0.4, 0.5) is 13.2 Å². The number of methoxy groups -OCH3 is 1. The molecular weight excluding hydrogens is 459 g/mol. The van der Waals surface area contributed by atoms with E-state index >= 15 is 0 Å². The van der Waals surface area contributed by atoms with E-state index in [1.165, 1.54) is 13.3 Å². The van der Waals surface area contributed by atoms with Gasteiger partial charge in [-0.15, -0.1) is 0 Å². The predicted octanol–water partition coefficient (Wildman–Crippen LogP) is 4.69. The number of nitrogens with zero attached hydrogens (tertiary/aromatic N) is 1. The van der Waals surface area contributed by atoms with Gasteiger partial charge in [0.2, 0.25) is 11.8 Å². The van der Waals surface area contributed by atoms with Gasteiger partial charge in [-0.05, 0) is 48.8 Å². The molecule has 0 bridgehead atoms. The largest absolute Gasteiger partial charge is 0.481 e. The number of likely N-dealkylation sites (N-methyl/N-ethyl adjacent to an activating group) is 1. The zero-order valence-electron chi connectivity index (χ0n) is 19.8. The number of pyridine rings is 1. The summed E-state index contributed by atoms with van der Waals surface area (Å²) in [5.41, 5.74) is 2.63. The van der Waals surface area contributed by atoms with Crippen LogP contribution in [0.3, 0.4) is 0 Å². The third-order valence-corrected chi connectivity index (χ3v) is 6.21. The number of halogens is 3. The number of ether oxygens (including phenoxy) is 1. The van der Waals surface area contributed by atoms with Gasteiger partial charge in [-0.3, -0.25) is 9.59 Å². The average molecular weight is 490 g/mol. The monoisotopic (exact) mass is 489 g/mol. The highest BCUT2D eigenvalue weighted by Gasteiger charge is 2.40. The molecule has 1 saturated carbocycles. The number of rotatable bonds is 8. The maximum Gasteiger partial charge on any atom is 0.391 e. The van der Waals surface area contributed by atoms with Crippen LogP contribution >= 0.6 is 0 Å². The molecule has 1 aliphatic rings. The van der Waals surface area contributed by atoms with Crippen molar-refractivity contribution in [2.45, 2.75) is 44.8 Å². The number of benzene rings is 1. The number of alkyl halides is 3. The van der Waals surface area contributed by atoms with Crippen LogP contribution in [0.1, 0.15) is 52.7 Å². The minimum Gasteiger partial charge on any atom is -0.481 e. The van der Waals surface area contributed by atoms with Crippen molar-refractivity contribution in [1.82, 2.24) is 15.6 Å². The lowest BCUT2D eigenvalue weighted by Gasteiger charge is -2.28. The number of nitrogens with one attached hydrogen (secondary N) is 2. The molecule has 2 aromatic rings. The van der Waals surface area contributed by atoms with E-state index < -0.39 is 12.1 Å². The van der Waals surface area contributed by atoms with Crippen molar-refractivity contribution in [3.63, 3.8) is 0 Å². The van der Waals surface area contributed by atoms with Gasteiger partial charge in [-0.2, -0.15) is 13.2 Å². The molecule has 1 aromatic carbocycles. The predicted molar refractivity (Wildman–Crippen MR) is 127 cm³/mol. The normalized spacial score (nSPS) is 18.3. The van der Waals surface area contributed by atoms with Crippen molar-refractivity contribution in [3.05, 3.63) is 64.9 Å². The minimum absolute atomic E-state index is 0.0397. The third-order valence-electron chi connectivity index (χ3n) is 6.21. The Balaban J connectivity index is 1.63. The van der Waals surface area contributed by atoms with Crippen molar-refractivity contribution in [3.8, 4) is 5.88 Å². The molecule has 0 radical (unpaired) electrons. The molecule has 188 valence electrons. The fraction of sp³-hybridized carbons (Fsp3) is 0.423. The maximum atomic E-state index is 12.9. The second-order valence-electron chi connectivity index (χ2n) is 8.69. The Morgan fingerprint density at radius 3 is 2.51 bits per heavy atom. The molecule has 6 nitrogen and oxygen atoms in total. The van der Waals surface area contributed by atoms with Crippen LogP contribution in [0.5, 0.6) is 5.88 Å². The number of hydrogen-bond donors (Lipinski definition) is 2. The molecule has 2 amide bonds. The summed E-state index contributed by atoms with van der Waals surface area (Å²) in [6.45, 7) is 0.278. The van der Waals surface area contributed by atoms with Crippen LogP contribution in [-0.4, -0.2) is 37.1 Å². The molecule has 1 fully saturated rings. The zero-order valence-corrected chi connectivity index (χ0v) is 19.8.